The highest BCUT2D eigenvalue weighted by Gasteiger charge is 2.41. The zero-order chi connectivity index (χ0) is 32.2. The van der Waals surface area contributed by atoms with Gasteiger partial charge in [0.15, 0.2) is 11.5 Å². The number of hydrogen-bond donors (Lipinski definition) is 6. The van der Waals surface area contributed by atoms with Gasteiger partial charge < -0.3 is 44.7 Å². The van der Waals surface area contributed by atoms with Crippen LogP contribution >= 0.6 is 0 Å². The number of aromatic nitrogens is 1. The summed E-state index contributed by atoms with van der Waals surface area (Å²) in [4.78, 5) is 3.26. The molecule has 4 aromatic carbocycles. The van der Waals surface area contributed by atoms with Crippen LogP contribution < -0.4 is 14.2 Å². The van der Waals surface area contributed by atoms with E-state index in [1.807, 2.05) is 18.3 Å². The number of phenols is 2. The fourth-order valence-electron chi connectivity index (χ4n) is 7.71. The number of aliphatic hydroxyl groups is 3. The lowest BCUT2D eigenvalue weighted by molar-refractivity contribution is 0.0180. The van der Waals surface area contributed by atoms with Crippen LogP contribution in [-0.2, 0) is 25.7 Å². The Bertz CT molecular complexity index is 1980. The van der Waals surface area contributed by atoms with Gasteiger partial charge in [-0.15, -0.1) is 0 Å². The highest BCUT2D eigenvalue weighted by Crippen LogP contribution is 2.56. The van der Waals surface area contributed by atoms with Crippen molar-refractivity contribution in [3.05, 3.63) is 100 Å². The van der Waals surface area contributed by atoms with Crippen molar-refractivity contribution in [2.45, 2.75) is 56.3 Å². The van der Waals surface area contributed by atoms with Gasteiger partial charge in [0.2, 0.25) is 0 Å². The van der Waals surface area contributed by atoms with Gasteiger partial charge in [0, 0.05) is 34.8 Å². The van der Waals surface area contributed by atoms with Crippen molar-refractivity contribution in [3.63, 3.8) is 0 Å². The summed E-state index contributed by atoms with van der Waals surface area (Å²) in [6, 6.07) is 18.9. The molecule has 6 N–H and O–H groups in total. The molecule has 0 saturated heterocycles. The molecule has 0 radical (unpaired) electrons. The number of rotatable bonds is 7. The molecule has 0 spiro atoms. The number of H-pyrrole nitrogens is 1. The number of nitrogens with one attached hydrogen (secondary N) is 1. The summed E-state index contributed by atoms with van der Waals surface area (Å²) in [7, 11) is 0. The van der Waals surface area contributed by atoms with E-state index in [-0.39, 0.29) is 49.1 Å². The molecular weight excluding hydrogens is 598 g/mol. The first-order valence-corrected chi connectivity index (χ1v) is 16.2. The minimum absolute atomic E-state index is 0.0242. The highest BCUT2D eigenvalue weighted by atomic mass is 16.5. The predicted molar refractivity (Wildman–Crippen MR) is 176 cm³/mol. The number of phenolic OH excluding ortho intramolecular Hbond substituents is 2. The van der Waals surface area contributed by atoms with Crippen molar-refractivity contribution >= 4 is 10.9 Å². The molecular formula is C38H37NO8. The second-order valence-electron chi connectivity index (χ2n) is 12.8. The minimum Gasteiger partial charge on any atom is -0.508 e. The fraction of sp³-hybridized carbons (Fsp3) is 0.316. The van der Waals surface area contributed by atoms with Crippen molar-refractivity contribution in [2.24, 2.45) is 0 Å². The van der Waals surface area contributed by atoms with E-state index in [2.05, 4.69) is 29.2 Å². The molecule has 9 nitrogen and oxygen atoms in total. The lowest BCUT2D eigenvalue weighted by atomic mass is 9.72. The second kappa shape index (κ2) is 11.8. The largest absolute Gasteiger partial charge is 0.508 e. The smallest absolute Gasteiger partial charge is 0.161 e. The Morgan fingerprint density at radius 3 is 2.62 bits per heavy atom. The summed E-state index contributed by atoms with van der Waals surface area (Å²) in [6.07, 6.45) is 2.97. The molecule has 0 bridgehead atoms. The normalized spacial score (nSPS) is 21.2. The number of hydrogen-bond acceptors (Lipinski definition) is 8. The number of fused-ring (bicyclic) bond motifs is 9. The predicted octanol–water partition coefficient (Wildman–Crippen LogP) is 5.22. The Labute approximate surface area is 271 Å². The number of aliphatic hydroxyl groups excluding tert-OH is 3. The van der Waals surface area contributed by atoms with Gasteiger partial charge in [-0.05, 0) is 107 Å². The first kappa shape index (κ1) is 29.7. The molecule has 9 heteroatoms. The van der Waals surface area contributed by atoms with Crippen LogP contribution in [0.5, 0.6) is 28.7 Å². The maximum atomic E-state index is 11.6. The standard InChI is InChI=1S/C38H37NO8/c40-11-12-45-34-16-22(2-8-32(34)43)36-33(44)18-30-29-15-23(14-20-1-7-31-21(13-20)9-10-39-31)28-17-24(42)3-5-26(28)35(29)38-27(37(30)47-36)6-4-25(19-41)46-38/h1-3,5,7-10,13,16-17,23,25,33,36,39-44H,4,6,11-12,14-15,18-19H2. The Morgan fingerprint density at radius 2 is 1.77 bits per heavy atom. The van der Waals surface area contributed by atoms with Gasteiger partial charge in [-0.2, -0.15) is 0 Å². The average Bonchev–Trinajstić information content (AvgIpc) is 3.56. The van der Waals surface area contributed by atoms with E-state index in [9.17, 15) is 25.5 Å². The van der Waals surface area contributed by atoms with Crippen LogP contribution in [0.2, 0.25) is 0 Å². The van der Waals surface area contributed by atoms with Crippen molar-refractivity contribution < 1.29 is 39.7 Å². The van der Waals surface area contributed by atoms with Gasteiger partial charge >= 0.3 is 0 Å². The summed E-state index contributed by atoms with van der Waals surface area (Å²) < 4.78 is 18.8. The summed E-state index contributed by atoms with van der Waals surface area (Å²) >= 11 is 0. The molecule has 1 aliphatic carbocycles. The van der Waals surface area contributed by atoms with E-state index in [1.54, 1.807) is 18.2 Å². The van der Waals surface area contributed by atoms with Crippen LogP contribution in [0.1, 0.15) is 51.8 Å². The van der Waals surface area contributed by atoms with Gasteiger partial charge in [-0.3, -0.25) is 0 Å². The molecule has 3 aliphatic rings. The molecule has 242 valence electrons. The lowest BCUT2D eigenvalue weighted by Crippen LogP contribution is -2.34. The van der Waals surface area contributed by atoms with E-state index >= 15 is 0 Å². The molecule has 3 heterocycles. The van der Waals surface area contributed by atoms with Crippen LogP contribution in [0.25, 0.3) is 22.0 Å². The minimum atomic E-state index is -0.884. The number of aromatic amines is 1. The fourth-order valence-corrected chi connectivity index (χ4v) is 7.71. The van der Waals surface area contributed by atoms with Gasteiger partial charge in [0.25, 0.3) is 0 Å². The first-order chi connectivity index (χ1) is 22.9. The topological polar surface area (TPSA) is 145 Å². The van der Waals surface area contributed by atoms with Crippen molar-refractivity contribution in [1.82, 2.24) is 4.98 Å². The van der Waals surface area contributed by atoms with Crippen LogP contribution in [0.3, 0.4) is 0 Å². The molecule has 0 saturated carbocycles. The molecule has 1 aromatic heterocycles. The van der Waals surface area contributed by atoms with Gasteiger partial charge in [-0.25, -0.2) is 0 Å². The third kappa shape index (κ3) is 5.15. The summed E-state index contributed by atoms with van der Waals surface area (Å²) in [5.74, 6) is 1.78. The SMILES string of the molecule is OCCOc1cc(C2Oc3c(c4c(c5c3CCC(CO)O5)-c3ccc(O)cc3C(Cc3ccc5[nH]ccc5c3)C4)CC2O)ccc1O. The summed E-state index contributed by atoms with van der Waals surface area (Å²) in [6.45, 7) is -0.281. The molecule has 47 heavy (non-hydrogen) atoms. The van der Waals surface area contributed by atoms with Crippen molar-refractivity contribution in [3.8, 4) is 39.9 Å². The van der Waals surface area contributed by atoms with Crippen molar-refractivity contribution in [2.75, 3.05) is 19.8 Å². The summed E-state index contributed by atoms with van der Waals surface area (Å²) in [5.41, 5.74) is 8.80. The number of benzene rings is 4. The zero-order valence-corrected chi connectivity index (χ0v) is 25.8. The van der Waals surface area contributed by atoms with E-state index in [1.165, 1.54) is 11.6 Å². The van der Waals surface area contributed by atoms with E-state index in [0.29, 0.717) is 42.7 Å². The maximum absolute atomic E-state index is 11.6. The molecule has 0 fully saturated rings. The quantitative estimate of drug-likeness (QED) is 0.143. The van der Waals surface area contributed by atoms with E-state index < -0.39 is 12.2 Å². The Kier molecular flexibility index (Phi) is 7.47. The Hall–Kier alpha value is -4.70. The van der Waals surface area contributed by atoms with E-state index in [4.69, 9.17) is 14.2 Å². The maximum Gasteiger partial charge on any atom is 0.161 e. The molecule has 0 amide bonds. The zero-order valence-electron chi connectivity index (χ0n) is 25.8. The number of aromatic hydroxyl groups is 2. The van der Waals surface area contributed by atoms with Gasteiger partial charge in [0.05, 0.1) is 19.3 Å². The van der Waals surface area contributed by atoms with Gasteiger partial charge in [-0.1, -0.05) is 18.2 Å². The molecule has 2 aliphatic heterocycles. The Morgan fingerprint density at radius 1 is 0.872 bits per heavy atom. The van der Waals surface area contributed by atoms with Crippen molar-refractivity contribution in [1.29, 1.82) is 0 Å². The van der Waals surface area contributed by atoms with Crippen LogP contribution in [0, 0.1) is 0 Å². The third-order valence-electron chi connectivity index (χ3n) is 9.88. The van der Waals surface area contributed by atoms with Crippen LogP contribution in [0.4, 0.5) is 0 Å². The Balaban J connectivity index is 1.25. The third-order valence-corrected chi connectivity index (χ3v) is 9.88. The molecule has 4 atom stereocenters. The highest BCUT2D eigenvalue weighted by molar-refractivity contribution is 5.85. The molecule has 5 aromatic rings. The molecule has 8 rings (SSSR count). The van der Waals surface area contributed by atoms with Crippen LogP contribution in [0.15, 0.2) is 66.9 Å². The average molecular weight is 636 g/mol. The first-order valence-electron chi connectivity index (χ1n) is 16.2. The lowest BCUT2D eigenvalue weighted by Gasteiger charge is -2.40. The molecule has 4 unspecified atom stereocenters. The monoisotopic (exact) mass is 635 g/mol. The second-order valence-corrected chi connectivity index (χ2v) is 12.8. The van der Waals surface area contributed by atoms with Crippen LogP contribution in [-0.4, -0.2) is 62.5 Å². The van der Waals surface area contributed by atoms with Gasteiger partial charge in [0.1, 0.15) is 36.1 Å². The number of ether oxygens (including phenoxy) is 3. The summed E-state index contributed by atoms with van der Waals surface area (Å²) in [5, 5.41) is 53.1. The van der Waals surface area contributed by atoms with E-state index in [0.717, 1.165) is 50.7 Å².